The van der Waals surface area contributed by atoms with E-state index in [-0.39, 0.29) is 0 Å². The molecule has 6 N–H and O–H groups in total. The Morgan fingerprint density at radius 2 is 1.12 bits per heavy atom. The highest BCUT2D eigenvalue weighted by Gasteiger charge is 2.35. The minimum Gasteiger partial charge on any atom is -0.394 e. The first kappa shape index (κ1) is 25.7. The van der Waals surface area contributed by atoms with Gasteiger partial charge in [-0.15, -0.1) is 0 Å². The Morgan fingerprint density at radius 3 is 1.58 bits per heavy atom. The molecular weight excluding hydrogens is 338 g/mol. The maximum absolute atomic E-state index is 10.1. The summed E-state index contributed by atoms with van der Waals surface area (Å²) in [5, 5.41) is 57.5. The highest BCUT2D eigenvalue weighted by atomic mass is 16.4. The molecule has 0 saturated heterocycles. The average Bonchev–Trinajstić information content (AvgIpc) is 2.66. The molecule has 26 heavy (non-hydrogen) atoms. The van der Waals surface area contributed by atoms with Crippen molar-refractivity contribution in [3.63, 3.8) is 0 Å². The number of aliphatic hydroxyl groups excluding tert-OH is 6. The van der Waals surface area contributed by atoms with Crippen molar-refractivity contribution in [1.29, 1.82) is 0 Å². The lowest BCUT2D eigenvalue weighted by molar-refractivity contribution is -0.166. The topological polar surface area (TPSA) is 125 Å². The molecule has 1 unspecified atom stereocenters. The average molecular weight is 380 g/mol. The normalized spacial score (nSPS) is 17.9. The van der Waals surface area contributed by atoms with Gasteiger partial charge in [0.15, 0.2) is 0 Å². The summed E-state index contributed by atoms with van der Waals surface area (Å²) < 4.78 is 0. The summed E-state index contributed by atoms with van der Waals surface area (Å²) in [6.45, 7) is 2.03. The van der Waals surface area contributed by atoms with E-state index < -0.39 is 37.3 Å². The van der Waals surface area contributed by atoms with E-state index in [1.54, 1.807) is 7.05 Å². The fourth-order valence-corrected chi connectivity index (χ4v) is 2.96. The van der Waals surface area contributed by atoms with Crippen LogP contribution in [0.15, 0.2) is 0 Å². The fraction of sp³-hybridized carbons (Fsp3) is 1.00. The summed E-state index contributed by atoms with van der Waals surface area (Å²) in [6, 6.07) is 0. The van der Waals surface area contributed by atoms with Gasteiger partial charge in [-0.25, -0.2) is 0 Å². The van der Waals surface area contributed by atoms with E-state index >= 15 is 0 Å². The molecule has 7 nitrogen and oxygen atoms in total. The SMILES string of the molecule is CCCCCCCCCCCCN(C)C(O)[C@H](O)[C@@H](O)[C@H](O)[C@H](O)CO. The molecular formula is C19H41NO6. The molecule has 5 atom stereocenters. The zero-order valence-electron chi connectivity index (χ0n) is 16.5. The van der Waals surface area contributed by atoms with Gasteiger partial charge in [-0.1, -0.05) is 64.7 Å². The van der Waals surface area contributed by atoms with Gasteiger partial charge in [-0.2, -0.15) is 0 Å². The van der Waals surface area contributed by atoms with Crippen molar-refractivity contribution >= 4 is 0 Å². The van der Waals surface area contributed by atoms with Gasteiger partial charge >= 0.3 is 0 Å². The van der Waals surface area contributed by atoms with Crippen LogP contribution in [-0.2, 0) is 0 Å². The van der Waals surface area contributed by atoms with Gasteiger partial charge in [0.2, 0.25) is 0 Å². The molecule has 0 bridgehead atoms. The fourth-order valence-electron chi connectivity index (χ4n) is 2.96. The largest absolute Gasteiger partial charge is 0.394 e. The Bertz CT molecular complexity index is 320. The van der Waals surface area contributed by atoms with Gasteiger partial charge in [0.25, 0.3) is 0 Å². The molecule has 0 aliphatic rings. The van der Waals surface area contributed by atoms with Crippen molar-refractivity contribution in [2.24, 2.45) is 0 Å². The van der Waals surface area contributed by atoms with Crippen LogP contribution in [0.5, 0.6) is 0 Å². The van der Waals surface area contributed by atoms with Crippen molar-refractivity contribution < 1.29 is 30.6 Å². The molecule has 0 rings (SSSR count). The van der Waals surface area contributed by atoms with Crippen LogP contribution in [0.4, 0.5) is 0 Å². The van der Waals surface area contributed by atoms with E-state index in [9.17, 15) is 25.5 Å². The summed E-state index contributed by atoms with van der Waals surface area (Å²) >= 11 is 0. The summed E-state index contributed by atoms with van der Waals surface area (Å²) in [6.07, 6.45) is 4.03. The standard InChI is InChI=1S/C19H41NO6/c1-3-4-5-6-7-8-9-10-11-12-13-20(2)19(26)18(25)17(24)16(23)15(22)14-21/h15-19,21-26H,3-14H2,1-2H3/t15-,16-,17+,18-,19?/m1/s1. The second-order valence-corrected chi connectivity index (χ2v) is 7.30. The second kappa shape index (κ2) is 15.7. The van der Waals surface area contributed by atoms with Gasteiger partial charge in [0, 0.05) is 6.54 Å². The smallest absolute Gasteiger partial charge is 0.136 e. The number of unbranched alkanes of at least 4 members (excludes halogenated alkanes) is 9. The molecule has 0 aromatic heterocycles. The monoisotopic (exact) mass is 379 g/mol. The Morgan fingerprint density at radius 1 is 0.654 bits per heavy atom. The lowest BCUT2D eigenvalue weighted by atomic mass is 10.0. The van der Waals surface area contributed by atoms with E-state index in [0.717, 1.165) is 19.3 Å². The zero-order chi connectivity index (χ0) is 19.9. The summed E-state index contributed by atoms with van der Waals surface area (Å²) in [7, 11) is 1.63. The van der Waals surface area contributed by atoms with Crippen LogP contribution in [0.2, 0.25) is 0 Å². The molecule has 0 heterocycles. The van der Waals surface area contributed by atoms with E-state index in [0.29, 0.717) is 6.54 Å². The molecule has 0 aliphatic heterocycles. The summed E-state index contributed by atoms with van der Waals surface area (Å²) in [5.41, 5.74) is 0. The molecule has 0 spiro atoms. The van der Waals surface area contributed by atoms with E-state index in [1.165, 1.54) is 49.8 Å². The highest BCUT2D eigenvalue weighted by molar-refractivity contribution is 4.84. The van der Waals surface area contributed by atoms with Gasteiger partial charge < -0.3 is 30.6 Å². The number of rotatable bonds is 17. The van der Waals surface area contributed by atoms with Crippen LogP contribution in [0.3, 0.4) is 0 Å². The highest BCUT2D eigenvalue weighted by Crippen LogP contribution is 2.13. The molecule has 7 heteroatoms. The molecule has 0 aromatic carbocycles. The van der Waals surface area contributed by atoms with Crippen molar-refractivity contribution in [3.05, 3.63) is 0 Å². The molecule has 0 saturated carbocycles. The Balaban J connectivity index is 3.86. The predicted molar refractivity (Wildman–Crippen MR) is 102 cm³/mol. The molecule has 0 fully saturated rings. The number of hydrogen-bond acceptors (Lipinski definition) is 7. The molecule has 158 valence electrons. The maximum Gasteiger partial charge on any atom is 0.136 e. The third kappa shape index (κ3) is 10.8. The Kier molecular flexibility index (Phi) is 15.6. The number of aliphatic hydroxyl groups is 6. The maximum atomic E-state index is 10.1. The molecule has 0 radical (unpaired) electrons. The number of nitrogens with zero attached hydrogens (tertiary/aromatic N) is 1. The van der Waals surface area contributed by atoms with E-state index in [2.05, 4.69) is 6.92 Å². The van der Waals surface area contributed by atoms with Gasteiger partial charge in [-0.05, 0) is 13.5 Å². The predicted octanol–water partition coefficient (Wildman–Crippen LogP) is 0.593. The lowest BCUT2D eigenvalue weighted by Gasteiger charge is -2.32. The van der Waals surface area contributed by atoms with Crippen molar-refractivity contribution in [1.82, 2.24) is 4.90 Å². The van der Waals surface area contributed by atoms with Crippen LogP contribution in [0.25, 0.3) is 0 Å². The number of likely N-dealkylation sites (N-methyl/N-ethyl adjacent to an activating group) is 1. The van der Waals surface area contributed by atoms with Crippen LogP contribution in [0, 0.1) is 0 Å². The first-order chi connectivity index (χ1) is 12.4. The van der Waals surface area contributed by atoms with Crippen LogP contribution >= 0.6 is 0 Å². The van der Waals surface area contributed by atoms with Crippen LogP contribution in [0.1, 0.15) is 71.1 Å². The van der Waals surface area contributed by atoms with Gasteiger partial charge in [0.05, 0.1) is 6.61 Å². The number of hydrogen-bond donors (Lipinski definition) is 6. The third-order valence-corrected chi connectivity index (χ3v) is 4.90. The van der Waals surface area contributed by atoms with Crippen LogP contribution < -0.4 is 0 Å². The molecule has 0 aromatic rings. The van der Waals surface area contributed by atoms with Crippen LogP contribution in [-0.4, -0.2) is 86.4 Å². The summed E-state index contributed by atoms with van der Waals surface area (Å²) in [4.78, 5) is 1.51. The molecule has 0 amide bonds. The van der Waals surface area contributed by atoms with E-state index in [1.807, 2.05) is 0 Å². The first-order valence-electron chi connectivity index (χ1n) is 10.1. The minimum absolute atomic E-state index is 0.556. The van der Waals surface area contributed by atoms with Gasteiger partial charge in [-0.3, -0.25) is 4.90 Å². The zero-order valence-corrected chi connectivity index (χ0v) is 16.5. The lowest BCUT2D eigenvalue weighted by Crippen LogP contribution is -2.54. The Labute approximate surface area is 158 Å². The minimum atomic E-state index is -1.75. The quantitative estimate of drug-likeness (QED) is 0.161. The molecule has 0 aliphatic carbocycles. The Hall–Kier alpha value is -0.280. The van der Waals surface area contributed by atoms with Crippen molar-refractivity contribution in [2.75, 3.05) is 20.2 Å². The third-order valence-electron chi connectivity index (χ3n) is 4.90. The van der Waals surface area contributed by atoms with E-state index in [4.69, 9.17) is 5.11 Å². The van der Waals surface area contributed by atoms with Crippen molar-refractivity contribution in [3.8, 4) is 0 Å². The van der Waals surface area contributed by atoms with Gasteiger partial charge in [0.1, 0.15) is 30.6 Å². The second-order valence-electron chi connectivity index (χ2n) is 7.30. The summed E-state index contributed by atoms with van der Waals surface area (Å²) in [5.74, 6) is 0. The van der Waals surface area contributed by atoms with Crippen molar-refractivity contribution in [2.45, 2.75) is 102 Å². The first-order valence-corrected chi connectivity index (χ1v) is 10.1.